The molecule has 7 heteroatoms. The van der Waals surface area contributed by atoms with Crippen LogP contribution in [0.4, 0.5) is 10.7 Å². The summed E-state index contributed by atoms with van der Waals surface area (Å²) in [7, 11) is 2.85. The zero-order valence-corrected chi connectivity index (χ0v) is 13.8. The maximum atomic E-state index is 12.0. The lowest BCUT2D eigenvalue weighted by atomic mass is 10.2. The first-order valence-corrected chi connectivity index (χ1v) is 7.80. The number of rotatable bonds is 7. The highest BCUT2D eigenvalue weighted by Gasteiger charge is 2.28. The fraction of sp³-hybridized carbons (Fsp3) is 0.571. The molecule has 0 saturated carbocycles. The molecule has 0 bridgehead atoms. The van der Waals surface area contributed by atoms with E-state index in [1.807, 2.05) is 0 Å². The lowest BCUT2D eigenvalue weighted by Crippen LogP contribution is -2.25. The molecule has 0 aromatic carbocycles. The van der Waals surface area contributed by atoms with Crippen LogP contribution in [0.15, 0.2) is 0 Å². The first-order chi connectivity index (χ1) is 10.0. The second-order valence-electron chi connectivity index (χ2n) is 4.58. The van der Waals surface area contributed by atoms with E-state index in [-0.39, 0.29) is 11.6 Å². The van der Waals surface area contributed by atoms with Crippen LogP contribution in [0.1, 0.15) is 46.7 Å². The van der Waals surface area contributed by atoms with Crippen LogP contribution in [-0.2, 0) is 4.74 Å². The van der Waals surface area contributed by atoms with Crippen LogP contribution in [0.2, 0.25) is 0 Å². The average Bonchev–Trinajstić information content (AvgIpc) is 2.83. The summed E-state index contributed by atoms with van der Waals surface area (Å²) in [5, 5.41) is 3.25. The van der Waals surface area contributed by atoms with Gasteiger partial charge in [-0.1, -0.05) is 13.8 Å². The number of nitrogens with zero attached hydrogens (tertiary/aromatic N) is 1. The Balaban J connectivity index is 3.39. The van der Waals surface area contributed by atoms with Crippen LogP contribution in [0.5, 0.6) is 0 Å². The van der Waals surface area contributed by atoms with Crippen molar-refractivity contribution < 1.29 is 14.3 Å². The quantitative estimate of drug-likeness (QED) is 0.753. The number of carbonyl (C=O) groups excluding carboxylic acids is 2. The Morgan fingerprint density at radius 3 is 2.29 bits per heavy atom. The number of methoxy groups -OCH3 is 1. The van der Waals surface area contributed by atoms with Crippen LogP contribution in [0.25, 0.3) is 0 Å². The fourth-order valence-electron chi connectivity index (χ4n) is 2.09. The van der Waals surface area contributed by atoms with Gasteiger partial charge in [-0.3, -0.25) is 4.79 Å². The van der Waals surface area contributed by atoms with Gasteiger partial charge in [0, 0.05) is 20.1 Å². The number of esters is 1. The van der Waals surface area contributed by atoms with Crippen molar-refractivity contribution in [1.29, 1.82) is 0 Å². The predicted molar refractivity (Wildman–Crippen MR) is 86.3 cm³/mol. The Bertz CT molecular complexity index is 508. The number of nitrogens with two attached hydrogens (primary N) is 1. The molecule has 0 radical (unpaired) electrons. The highest BCUT2D eigenvalue weighted by molar-refractivity contribution is 7.19. The largest absolute Gasteiger partial charge is 0.465 e. The molecule has 0 aliphatic heterocycles. The zero-order valence-electron chi connectivity index (χ0n) is 13.0. The highest BCUT2D eigenvalue weighted by Crippen LogP contribution is 2.39. The molecular weight excluding hydrogens is 290 g/mol. The van der Waals surface area contributed by atoms with Gasteiger partial charge in [-0.05, 0) is 12.8 Å². The number of amides is 1. The molecule has 0 atom stereocenters. The summed E-state index contributed by atoms with van der Waals surface area (Å²) >= 11 is 1.24. The van der Waals surface area contributed by atoms with E-state index in [4.69, 9.17) is 10.5 Å². The third-order valence-electron chi connectivity index (χ3n) is 3.02. The highest BCUT2D eigenvalue weighted by atomic mass is 32.1. The van der Waals surface area contributed by atoms with Crippen LogP contribution < -0.4 is 16.0 Å². The summed E-state index contributed by atoms with van der Waals surface area (Å²) in [4.78, 5) is 26.4. The molecule has 0 aliphatic carbocycles. The predicted octanol–water partition coefficient (Wildman–Crippen LogP) is 2.10. The molecule has 6 nitrogen and oxygen atoms in total. The molecule has 118 valence electrons. The third-order valence-corrected chi connectivity index (χ3v) is 4.29. The second kappa shape index (κ2) is 7.87. The van der Waals surface area contributed by atoms with Crippen molar-refractivity contribution in [1.82, 2.24) is 5.32 Å². The monoisotopic (exact) mass is 313 g/mol. The summed E-state index contributed by atoms with van der Waals surface area (Å²) in [5.74, 6) is -0.798. The van der Waals surface area contributed by atoms with Crippen molar-refractivity contribution in [3.63, 3.8) is 0 Å². The number of nitrogen functional groups attached to an aromatic ring is 1. The maximum absolute atomic E-state index is 12.0. The maximum Gasteiger partial charge on any atom is 0.343 e. The van der Waals surface area contributed by atoms with Crippen molar-refractivity contribution in [2.24, 2.45) is 0 Å². The van der Waals surface area contributed by atoms with E-state index in [1.54, 1.807) is 0 Å². The first-order valence-electron chi connectivity index (χ1n) is 6.99. The van der Waals surface area contributed by atoms with Crippen molar-refractivity contribution in [2.45, 2.75) is 26.7 Å². The van der Waals surface area contributed by atoms with Crippen LogP contribution in [-0.4, -0.2) is 39.1 Å². The van der Waals surface area contributed by atoms with Gasteiger partial charge >= 0.3 is 5.97 Å². The van der Waals surface area contributed by atoms with Crippen molar-refractivity contribution in [3.05, 3.63) is 10.4 Å². The summed E-state index contributed by atoms with van der Waals surface area (Å²) < 4.78 is 4.82. The first kappa shape index (κ1) is 17.3. The minimum absolute atomic E-state index is 0.193. The summed E-state index contributed by atoms with van der Waals surface area (Å²) in [6.45, 7) is 5.73. The molecule has 3 N–H and O–H groups in total. The lowest BCUT2D eigenvalue weighted by Gasteiger charge is -2.23. The van der Waals surface area contributed by atoms with E-state index in [9.17, 15) is 9.59 Å². The molecule has 0 spiro atoms. The van der Waals surface area contributed by atoms with Crippen molar-refractivity contribution in [3.8, 4) is 0 Å². The molecule has 0 aliphatic rings. The van der Waals surface area contributed by atoms with Gasteiger partial charge in [-0.2, -0.15) is 0 Å². The number of hydrogen-bond donors (Lipinski definition) is 2. The van der Waals surface area contributed by atoms with E-state index in [2.05, 4.69) is 24.1 Å². The number of nitrogens with one attached hydrogen (secondary N) is 1. The summed E-state index contributed by atoms with van der Waals surface area (Å²) in [6, 6.07) is 0. The number of anilines is 2. The van der Waals surface area contributed by atoms with Crippen molar-refractivity contribution in [2.75, 3.05) is 37.9 Å². The standard InChI is InChI=1S/C14H23N3O3S/c1-5-7-17(8-6-2)13-9(14(19)20-4)10(15)11(21-13)12(18)16-3/h5-8,15H2,1-4H3,(H,16,18). The molecule has 0 saturated heterocycles. The Morgan fingerprint density at radius 2 is 1.86 bits per heavy atom. The molecule has 1 rings (SSSR count). The normalized spacial score (nSPS) is 10.3. The van der Waals surface area contributed by atoms with Gasteiger partial charge in [-0.25, -0.2) is 4.79 Å². The van der Waals surface area contributed by atoms with Crippen LogP contribution in [0, 0.1) is 0 Å². The van der Waals surface area contributed by atoms with E-state index in [0.29, 0.717) is 15.4 Å². The molecule has 0 unspecified atom stereocenters. The third kappa shape index (κ3) is 3.66. The molecule has 0 fully saturated rings. The minimum atomic E-state index is -0.508. The Morgan fingerprint density at radius 1 is 1.29 bits per heavy atom. The van der Waals surface area contributed by atoms with Gasteiger partial charge in [0.15, 0.2) is 0 Å². The molecule has 1 aromatic heterocycles. The molecule has 1 amide bonds. The number of hydrogen-bond acceptors (Lipinski definition) is 6. The minimum Gasteiger partial charge on any atom is -0.465 e. The van der Waals surface area contributed by atoms with Crippen LogP contribution in [0.3, 0.4) is 0 Å². The summed E-state index contributed by atoms with van der Waals surface area (Å²) in [5.41, 5.74) is 6.50. The SMILES string of the molecule is CCCN(CCC)c1sc(C(=O)NC)c(N)c1C(=O)OC. The van der Waals surface area contributed by atoms with Crippen LogP contribution >= 0.6 is 11.3 Å². The van der Waals surface area contributed by atoms with Gasteiger partial charge in [0.05, 0.1) is 12.8 Å². The molecule has 21 heavy (non-hydrogen) atoms. The molecule has 1 heterocycles. The lowest BCUT2D eigenvalue weighted by molar-refractivity contribution is 0.0603. The summed E-state index contributed by atoms with van der Waals surface area (Å²) in [6.07, 6.45) is 1.88. The van der Waals surface area contributed by atoms with Gasteiger partial charge in [0.1, 0.15) is 15.4 Å². The van der Waals surface area contributed by atoms with E-state index in [0.717, 1.165) is 25.9 Å². The van der Waals surface area contributed by atoms with E-state index >= 15 is 0 Å². The van der Waals surface area contributed by atoms with Gasteiger partial charge in [-0.15, -0.1) is 11.3 Å². The van der Waals surface area contributed by atoms with Gasteiger partial charge in [0.25, 0.3) is 5.91 Å². The number of carbonyl (C=O) groups is 2. The molecule has 1 aromatic rings. The topological polar surface area (TPSA) is 84.7 Å². The Labute approximate surface area is 129 Å². The fourth-order valence-corrected chi connectivity index (χ4v) is 3.30. The zero-order chi connectivity index (χ0) is 16.0. The number of ether oxygens (including phenoxy) is 1. The smallest absolute Gasteiger partial charge is 0.343 e. The van der Waals surface area contributed by atoms with E-state index in [1.165, 1.54) is 25.5 Å². The average molecular weight is 313 g/mol. The molecular formula is C14H23N3O3S. The van der Waals surface area contributed by atoms with E-state index < -0.39 is 5.97 Å². The Kier molecular flexibility index (Phi) is 6.48. The van der Waals surface area contributed by atoms with Gasteiger partial charge < -0.3 is 20.7 Å². The Hall–Kier alpha value is -1.76. The van der Waals surface area contributed by atoms with Gasteiger partial charge in [0.2, 0.25) is 0 Å². The number of thiophene rings is 1. The second-order valence-corrected chi connectivity index (χ2v) is 5.58. The van der Waals surface area contributed by atoms with Crippen molar-refractivity contribution >= 4 is 33.9 Å².